The topological polar surface area (TPSA) is 94.5 Å². The van der Waals surface area contributed by atoms with E-state index in [0.29, 0.717) is 38.0 Å². The number of hydrogen-bond acceptors (Lipinski definition) is 7. The van der Waals surface area contributed by atoms with Crippen molar-refractivity contribution in [2.75, 3.05) is 27.4 Å². The van der Waals surface area contributed by atoms with E-state index in [-0.39, 0.29) is 24.6 Å². The highest BCUT2D eigenvalue weighted by atomic mass is 16.5. The van der Waals surface area contributed by atoms with Gasteiger partial charge in [0.05, 0.1) is 50.8 Å². The van der Waals surface area contributed by atoms with E-state index >= 15 is 0 Å². The van der Waals surface area contributed by atoms with Crippen molar-refractivity contribution in [2.24, 2.45) is 5.92 Å². The van der Waals surface area contributed by atoms with Crippen LogP contribution < -0.4 is 4.74 Å². The first-order valence-electron chi connectivity index (χ1n) is 12.2. The zero-order chi connectivity index (χ0) is 25.5. The van der Waals surface area contributed by atoms with Crippen molar-refractivity contribution in [1.82, 2.24) is 0 Å². The monoisotopic (exact) mass is 488 g/mol. The lowest BCUT2D eigenvalue weighted by molar-refractivity contribution is -0.000277. The molecular weight excluding hydrogens is 448 g/mol. The number of methoxy groups -OCH3 is 2. The molecule has 0 aliphatic rings. The summed E-state index contributed by atoms with van der Waals surface area (Å²) < 4.78 is 21.7. The van der Waals surface area contributed by atoms with E-state index in [1.165, 1.54) is 0 Å². The molecule has 7 heteroatoms. The van der Waals surface area contributed by atoms with Crippen molar-refractivity contribution in [3.8, 4) is 5.75 Å². The molecule has 7 nitrogen and oxygen atoms in total. The molecule has 0 unspecified atom stereocenters. The van der Waals surface area contributed by atoms with Gasteiger partial charge in [-0.05, 0) is 55.5 Å². The summed E-state index contributed by atoms with van der Waals surface area (Å²) in [7, 11) is 3.27. The molecule has 35 heavy (non-hydrogen) atoms. The Bertz CT molecular complexity index is 825. The largest absolute Gasteiger partial charge is 0.497 e. The second-order valence-electron chi connectivity index (χ2n) is 8.88. The summed E-state index contributed by atoms with van der Waals surface area (Å²) in [6, 6.07) is 16.6. The second kappa shape index (κ2) is 16.3. The van der Waals surface area contributed by atoms with Gasteiger partial charge in [0.2, 0.25) is 0 Å². The van der Waals surface area contributed by atoms with Gasteiger partial charge in [0.25, 0.3) is 0 Å². The number of carbonyl (C=O) groups is 1. The smallest absolute Gasteiger partial charge is 0.338 e. The van der Waals surface area contributed by atoms with Crippen LogP contribution in [-0.4, -0.2) is 61.9 Å². The first-order valence-corrected chi connectivity index (χ1v) is 12.2. The number of benzene rings is 2. The maximum Gasteiger partial charge on any atom is 0.338 e. The van der Waals surface area contributed by atoms with Crippen LogP contribution in [-0.2, 0) is 20.8 Å². The molecular formula is C28H40O7. The molecule has 4 atom stereocenters. The summed E-state index contributed by atoms with van der Waals surface area (Å²) in [6.07, 6.45) is 1.67. The Morgan fingerprint density at radius 3 is 2.31 bits per heavy atom. The molecule has 0 aliphatic heterocycles. The van der Waals surface area contributed by atoms with Crippen LogP contribution in [0.4, 0.5) is 0 Å². The Labute approximate surface area is 209 Å². The number of hydrogen-bond donors (Lipinski definition) is 2. The van der Waals surface area contributed by atoms with Gasteiger partial charge in [0.15, 0.2) is 0 Å². The number of carbonyl (C=O) groups excluding carboxylic acids is 1. The summed E-state index contributed by atoms with van der Waals surface area (Å²) in [5, 5.41) is 20.8. The van der Waals surface area contributed by atoms with Crippen LogP contribution in [0.5, 0.6) is 5.75 Å². The molecule has 2 aromatic carbocycles. The van der Waals surface area contributed by atoms with Crippen molar-refractivity contribution in [1.29, 1.82) is 0 Å². The molecule has 0 amide bonds. The molecule has 0 radical (unpaired) electrons. The number of rotatable bonds is 17. The normalized spacial score (nSPS) is 14.7. The predicted octanol–water partition coefficient (Wildman–Crippen LogP) is 4.39. The Hall–Kier alpha value is -2.45. The average molecular weight is 489 g/mol. The molecule has 2 N–H and O–H groups in total. The third-order valence-electron chi connectivity index (χ3n) is 6.06. The van der Waals surface area contributed by atoms with Crippen LogP contribution in [0.25, 0.3) is 0 Å². The van der Waals surface area contributed by atoms with Gasteiger partial charge >= 0.3 is 5.97 Å². The minimum Gasteiger partial charge on any atom is -0.497 e. The molecule has 0 heterocycles. The van der Waals surface area contributed by atoms with Crippen molar-refractivity contribution < 1.29 is 34.0 Å². The molecule has 0 saturated carbocycles. The van der Waals surface area contributed by atoms with Gasteiger partial charge < -0.3 is 29.2 Å². The fraction of sp³-hybridized carbons (Fsp3) is 0.536. The highest BCUT2D eigenvalue weighted by Crippen LogP contribution is 2.17. The zero-order valence-corrected chi connectivity index (χ0v) is 21.1. The van der Waals surface area contributed by atoms with E-state index in [1.807, 2.05) is 37.3 Å². The quantitative estimate of drug-likeness (QED) is 0.319. The second-order valence-corrected chi connectivity index (χ2v) is 8.88. The molecule has 0 saturated heterocycles. The van der Waals surface area contributed by atoms with Crippen LogP contribution in [0, 0.1) is 5.92 Å². The molecule has 2 aromatic rings. The van der Waals surface area contributed by atoms with Crippen LogP contribution >= 0.6 is 0 Å². The van der Waals surface area contributed by atoms with E-state index in [1.54, 1.807) is 38.5 Å². The van der Waals surface area contributed by atoms with E-state index < -0.39 is 12.2 Å². The molecule has 194 valence electrons. The lowest BCUT2D eigenvalue weighted by atomic mass is 9.97. The Morgan fingerprint density at radius 2 is 1.66 bits per heavy atom. The van der Waals surface area contributed by atoms with E-state index in [2.05, 4.69) is 0 Å². The van der Waals surface area contributed by atoms with Crippen LogP contribution in [0.3, 0.4) is 0 Å². The Kier molecular flexibility index (Phi) is 13.4. The number of ether oxygens (including phenoxy) is 4. The number of aliphatic hydroxyl groups is 2. The van der Waals surface area contributed by atoms with Crippen molar-refractivity contribution in [2.45, 2.75) is 63.9 Å². The van der Waals surface area contributed by atoms with Crippen molar-refractivity contribution in [3.63, 3.8) is 0 Å². The highest BCUT2D eigenvalue weighted by Gasteiger charge is 2.19. The van der Waals surface area contributed by atoms with Gasteiger partial charge in [-0.1, -0.05) is 37.3 Å². The van der Waals surface area contributed by atoms with Crippen LogP contribution in [0.15, 0.2) is 54.6 Å². The summed E-state index contributed by atoms with van der Waals surface area (Å²) in [6.45, 7) is 3.07. The van der Waals surface area contributed by atoms with Crippen LogP contribution in [0.1, 0.15) is 54.9 Å². The Balaban J connectivity index is 1.58. The summed E-state index contributed by atoms with van der Waals surface area (Å²) in [4.78, 5) is 12.0. The SMILES string of the molecule is COc1ccc(COC[C@@H](C)[C@@H](O)C[C@H](O)CCC[C@@H](CCOC(=O)c2ccccc2)OC)cc1. The summed E-state index contributed by atoms with van der Waals surface area (Å²) in [5.41, 5.74) is 1.57. The fourth-order valence-corrected chi connectivity index (χ4v) is 3.73. The van der Waals surface area contributed by atoms with Gasteiger partial charge in [0.1, 0.15) is 5.75 Å². The maximum atomic E-state index is 12.0. The third-order valence-corrected chi connectivity index (χ3v) is 6.06. The molecule has 0 fully saturated rings. The highest BCUT2D eigenvalue weighted by molar-refractivity contribution is 5.89. The standard InChI is InChI=1S/C28H40O7/c1-21(19-34-20-22-12-14-26(33-3)15-13-22)27(30)18-24(29)10-7-11-25(32-2)16-17-35-28(31)23-8-5-4-6-9-23/h4-6,8-9,12-15,21,24-25,27,29-30H,7,10-11,16-20H2,1-3H3/t21-,24-,25+,27+/m1/s1. The van der Waals surface area contributed by atoms with Gasteiger partial charge in [-0.2, -0.15) is 0 Å². The Morgan fingerprint density at radius 1 is 0.943 bits per heavy atom. The molecule has 0 aliphatic carbocycles. The first kappa shape index (κ1) is 28.8. The maximum absolute atomic E-state index is 12.0. The summed E-state index contributed by atoms with van der Waals surface area (Å²) in [5.74, 6) is 0.371. The van der Waals surface area contributed by atoms with Gasteiger partial charge in [-0.25, -0.2) is 4.79 Å². The predicted molar refractivity (Wildman–Crippen MR) is 134 cm³/mol. The van der Waals surface area contributed by atoms with Crippen LogP contribution in [0.2, 0.25) is 0 Å². The van der Waals surface area contributed by atoms with Gasteiger partial charge in [-0.15, -0.1) is 0 Å². The average Bonchev–Trinajstić information content (AvgIpc) is 2.88. The number of esters is 1. The summed E-state index contributed by atoms with van der Waals surface area (Å²) >= 11 is 0. The van der Waals surface area contributed by atoms with Gasteiger partial charge in [-0.3, -0.25) is 0 Å². The zero-order valence-electron chi connectivity index (χ0n) is 21.1. The van der Waals surface area contributed by atoms with E-state index in [0.717, 1.165) is 24.2 Å². The van der Waals surface area contributed by atoms with Gasteiger partial charge in [0, 0.05) is 19.4 Å². The number of aliphatic hydroxyl groups excluding tert-OH is 2. The molecule has 0 bridgehead atoms. The molecule has 0 aromatic heterocycles. The molecule has 2 rings (SSSR count). The minimum absolute atomic E-state index is 0.0547. The van der Waals surface area contributed by atoms with E-state index in [4.69, 9.17) is 18.9 Å². The minimum atomic E-state index is -0.642. The first-order chi connectivity index (χ1) is 16.9. The van der Waals surface area contributed by atoms with Crippen molar-refractivity contribution in [3.05, 3.63) is 65.7 Å². The van der Waals surface area contributed by atoms with E-state index in [9.17, 15) is 15.0 Å². The third kappa shape index (κ3) is 11.2. The lowest BCUT2D eigenvalue weighted by Gasteiger charge is -2.22. The van der Waals surface area contributed by atoms with Crippen molar-refractivity contribution >= 4 is 5.97 Å². The molecule has 0 spiro atoms. The lowest BCUT2D eigenvalue weighted by Crippen LogP contribution is -2.27. The fourth-order valence-electron chi connectivity index (χ4n) is 3.73.